The summed E-state index contributed by atoms with van der Waals surface area (Å²) in [5.41, 5.74) is 1.22. The fraction of sp³-hybridized carbons (Fsp3) is 0.364. The van der Waals surface area contributed by atoms with Crippen LogP contribution in [0.25, 0.3) is 0 Å². The summed E-state index contributed by atoms with van der Waals surface area (Å²) < 4.78 is 5.86. The minimum atomic E-state index is -0.0422. The predicted molar refractivity (Wildman–Crippen MR) is 60.7 cm³/mol. The number of hydrogen-bond acceptors (Lipinski definition) is 2. The van der Waals surface area contributed by atoms with E-state index < -0.39 is 0 Å². The van der Waals surface area contributed by atoms with Gasteiger partial charge in [-0.1, -0.05) is 12.2 Å². The van der Waals surface area contributed by atoms with Crippen molar-refractivity contribution in [2.24, 2.45) is 0 Å². The third-order valence-corrected chi connectivity index (χ3v) is 3.19. The van der Waals surface area contributed by atoms with E-state index in [-0.39, 0.29) is 5.91 Å². The topological polar surface area (TPSA) is 33.5 Å². The van der Waals surface area contributed by atoms with Crippen molar-refractivity contribution in [1.82, 2.24) is 4.90 Å². The maximum atomic E-state index is 12.0. The number of furan rings is 1. The molecule has 0 radical (unpaired) electrons. The molecule has 0 spiro atoms. The minimum Gasteiger partial charge on any atom is -0.458 e. The fourth-order valence-corrected chi connectivity index (χ4v) is 1.99. The third kappa shape index (κ3) is 2.15. The van der Waals surface area contributed by atoms with Crippen molar-refractivity contribution >= 4 is 21.8 Å². The van der Waals surface area contributed by atoms with Crippen molar-refractivity contribution in [2.75, 3.05) is 13.1 Å². The molecule has 2 heterocycles. The Morgan fingerprint density at radius 2 is 2.13 bits per heavy atom. The van der Waals surface area contributed by atoms with Gasteiger partial charge in [0.05, 0.1) is 10.7 Å². The lowest BCUT2D eigenvalue weighted by atomic mass is 10.1. The molecule has 3 nitrogen and oxygen atoms in total. The van der Waals surface area contributed by atoms with Crippen LogP contribution in [0.15, 0.2) is 33.4 Å². The Hall–Kier alpha value is -1.03. The van der Waals surface area contributed by atoms with E-state index in [0.717, 1.165) is 30.4 Å². The molecule has 1 aliphatic heterocycles. The second kappa shape index (κ2) is 4.23. The summed E-state index contributed by atoms with van der Waals surface area (Å²) in [4.78, 5) is 13.8. The van der Waals surface area contributed by atoms with E-state index in [1.165, 1.54) is 11.8 Å². The summed E-state index contributed by atoms with van der Waals surface area (Å²) in [6, 6.07) is 1.73. The van der Waals surface area contributed by atoms with Crippen molar-refractivity contribution in [3.8, 4) is 0 Å². The van der Waals surface area contributed by atoms with Gasteiger partial charge in [0.2, 0.25) is 5.76 Å². The minimum absolute atomic E-state index is 0.0422. The van der Waals surface area contributed by atoms with E-state index in [1.54, 1.807) is 11.0 Å². The molecule has 1 aromatic heterocycles. The number of likely N-dealkylation sites (tertiary alicyclic amines) is 1. The molecule has 0 saturated carbocycles. The third-order valence-electron chi connectivity index (χ3n) is 2.57. The lowest BCUT2D eigenvalue weighted by molar-refractivity contribution is 0.0710. The number of piperidine rings is 1. The van der Waals surface area contributed by atoms with Gasteiger partial charge in [0.15, 0.2) is 0 Å². The first kappa shape index (κ1) is 10.5. The fourth-order valence-electron chi connectivity index (χ4n) is 1.62. The number of nitrogens with zero attached hydrogens (tertiary/aromatic N) is 1. The highest BCUT2D eigenvalue weighted by Crippen LogP contribution is 2.22. The Bertz CT molecular complexity index is 387. The number of carbonyl (C=O) groups excluding carboxylic acids is 1. The lowest BCUT2D eigenvalue weighted by Gasteiger charge is -2.27. The van der Waals surface area contributed by atoms with Gasteiger partial charge in [-0.05, 0) is 34.8 Å². The number of amides is 1. The molecular weight excluding hydrogens is 258 g/mol. The Morgan fingerprint density at radius 3 is 2.67 bits per heavy atom. The van der Waals surface area contributed by atoms with Crippen molar-refractivity contribution in [1.29, 1.82) is 0 Å². The maximum Gasteiger partial charge on any atom is 0.290 e. The van der Waals surface area contributed by atoms with Gasteiger partial charge >= 0.3 is 0 Å². The van der Waals surface area contributed by atoms with E-state index in [2.05, 4.69) is 22.5 Å². The number of carbonyl (C=O) groups is 1. The van der Waals surface area contributed by atoms with Crippen LogP contribution in [0.4, 0.5) is 0 Å². The van der Waals surface area contributed by atoms with Gasteiger partial charge in [-0.2, -0.15) is 0 Å². The van der Waals surface area contributed by atoms with Crippen molar-refractivity contribution < 1.29 is 9.21 Å². The quantitative estimate of drug-likeness (QED) is 0.735. The normalized spacial score (nSPS) is 16.9. The van der Waals surface area contributed by atoms with Gasteiger partial charge in [0.1, 0.15) is 0 Å². The zero-order valence-corrected chi connectivity index (χ0v) is 9.92. The monoisotopic (exact) mass is 269 g/mol. The van der Waals surface area contributed by atoms with Crippen molar-refractivity contribution in [2.45, 2.75) is 12.8 Å². The van der Waals surface area contributed by atoms with E-state index in [0.29, 0.717) is 5.76 Å². The van der Waals surface area contributed by atoms with Crippen molar-refractivity contribution in [3.05, 3.63) is 34.7 Å². The Balaban J connectivity index is 2.09. The molecule has 0 bridgehead atoms. The van der Waals surface area contributed by atoms with Gasteiger partial charge in [-0.25, -0.2) is 0 Å². The standard InChI is InChI=1S/C11H12BrNO2/c1-8-2-5-13(6-3-8)11(14)10-9(12)4-7-15-10/h4,7H,1-3,5-6H2. The number of halogens is 1. The van der Waals surface area contributed by atoms with Crippen LogP contribution in [0.3, 0.4) is 0 Å². The Labute approximate surface area is 96.9 Å². The molecular formula is C11H12BrNO2. The molecule has 0 aliphatic carbocycles. The van der Waals surface area contributed by atoms with Crippen LogP contribution < -0.4 is 0 Å². The average molecular weight is 270 g/mol. The molecule has 1 fully saturated rings. The summed E-state index contributed by atoms with van der Waals surface area (Å²) in [5.74, 6) is 0.349. The molecule has 0 unspecified atom stereocenters. The number of hydrogen-bond donors (Lipinski definition) is 0. The molecule has 0 atom stereocenters. The summed E-state index contributed by atoms with van der Waals surface area (Å²) in [6.45, 7) is 5.40. The van der Waals surface area contributed by atoms with Crippen LogP contribution in [0, 0.1) is 0 Å². The summed E-state index contributed by atoms with van der Waals surface area (Å²) >= 11 is 3.29. The van der Waals surface area contributed by atoms with Crippen LogP contribution in [0.2, 0.25) is 0 Å². The highest BCUT2D eigenvalue weighted by molar-refractivity contribution is 9.10. The Kier molecular flexibility index (Phi) is 2.95. The second-order valence-electron chi connectivity index (χ2n) is 3.64. The van der Waals surface area contributed by atoms with E-state index in [4.69, 9.17) is 4.42 Å². The van der Waals surface area contributed by atoms with Gasteiger partial charge < -0.3 is 9.32 Å². The maximum absolute atomic E-state index is 12.0. The van der Waals surface area contributed by atoms with Gasteiger partial charge in [-0.15, -0.1) is 0 Å². The first-order valence-corrected chi connectivity index (χ1v) is 5.66. The van der Waals surface area contributed by atoms with Crippen LogP contribution in [-0.2, 0) is 0 Å². The molecule has 2 rings (SSSR count). The first-order chi connectivity index (χ1) is 7.18. The molecule has 15 heavy (non-hydrogen) atoms. The molecule has 1 aromatic rings. The molecule has 1 aliphatic rings. The molecule has 0 N–H and O–H groups in total. The van der Waals surface area contributed by atoms with Crippen molar-refractivity contribution in [3.63, 3.8) is 0 Å². The van der Waals surface area contributed by atoms with Gasteiger partial charge in [0.25, 0.3) is 5.91 Å². The SMILES string of the molecule is C=C1CCN(C(=O)c2occc2Br)CC1. The highest BCUT2D eigenvalue weighted by Gasteiger charge is 2.23. The van der Waals surface area contributed by atoms with Crippen LogP contribution in [-0.4, -0.2) is 23.9 Å². The average Bonchev–Trinajstić information content (AvgIpc) is 2.65. The molecule has 80 valence electrons. The van der Waals surface area contributed by atoms with Crippen LogP contribution in [0.5, 0.6) is 0 Å². The van der Waals surface area contributed by atoms with E-state index >= 15 is 0 Å². The molecule has 0 aromatic carbocycles. The van der Waals surface area contributed by atoms with Gasteiger partial charge in [0, 0.05) is 13.1 Å². The zero-order chi connectivity index (χ0) is 10.8. The second-order valence-corrected chi connectivity index (χ2v) is 4.49. The van der Waals surface area contributed by atoms with Gasteiger partial charge in [-0.3, -0.25) is 4.79 Å². The van der Waals surface area contributed by atoms with E-state index in [9.17, 15) is 4.79 Å². The van der Waals surface area contributed by atoms with E-state index in [1.807, 2.05) is 0 Å². The summed E-state index contributed by atoms with van der Waals surface area (Å²) in [6.07, 6.45) is 3.30. The Morgan fingerprint density at radius 1 is 1.47 bits per heavy atom. The molecule has 1 amide bonds. The molecule has 4 heteroatoms. The lowest BCUT2D eigenvalue weighted by Crippen LogP contribution is -2.36. The highest BCUT2D eigenvalue weighted by atomic mass is 79.9. The first-order valence-electron chi connectivity index (χ1n) is 4.87. The smallest absolute Gasteiger partial charge is 0.290 e. The predicted octanol–water partition coefficient (Wildman–Crippen LogP) is 2.83. The van der Waals surface area contributed by atoms with Crippen LogP contribution in [0.1, 0.15) is 23.4 Å². The zero-order valence-electron chi connectivity index (χ0n) is 8.33. The van der Waals surface area contributed by atoms with Crippen LogP contribution >= 0.6 is 15.9 Å². The largest absolute Gasteiger partial charge is 0.458 e. The summed E-state index contributed by atoms with van der Waals surface area (Å²) in [7, 11) is 0. The number of rotatable bonds is 1. The molecule has 1 saturated heterocycles. The summed E-state index contributed by atoms with van der Waals surface area (Å²) in [5, 5.41) is 0.